The van der Waals surface area contributed by atoms with Crippen molar-refractivity contribution in [3.8, 4) is 0 Å². The summed E-state index contributed by atoms with van der Waals surface area (Å²) in [4.78, 5) is 0. The van der Waals surface area contributed by atoms with E-state index in [0.717, 1.165) is 0 Å². The molecule has 4 rings (SSSR count). The summed E-state index contributed by atoms with van der Waals surface area (Å²) in [6.07, 6.45) is 0.639. The van der Waals surface area contributed by atoms with Crippen LogP contribution in [0.2, 0.25) is 0 Å². The number of fused-ring (bicyclic) bond motifs is 8. The zero-order valence-corrected chi connectivity index (χ0v) is 8.14. The molecule has 2 aliphatic carbocycles. The van der Waals surface area contributed by atoms with Crippen molar-refractivity contribution in [2.24, 2.45) is 11.8 Å². The molecule has 0 aromatic rings. The van der Waals surface area contributed by atoms with E-state index in [2.05, 4.69) is 0 Å². The lowest BCUT2D eigenvalue weighted by Gasteiger charge is -2.72. The maximum Gasteiger partial charge on any atom is 0.350 e. The van der Waals surface area contributed by atoms with Gasteiger partial charge in [0, 0.05) is 11.8 Å². The van der Waals surface area contributed by atoms with Gasteiger partial charge in [-0.05, 0) is 0 Å². The number of hydrogen-bond donors (Lipinski definition) is 0. The molecule has 7 heteroatoms. The Morgan fingerprint density at radius 1 is 0.706 bits per heavy atom. The van der Waals surface area contributed by atoms with Crippen LogP contribution in [0.15, 0.2) is 12.2 Å². The number of rotatable bonds is 0. The van der Waals surface area contributed by atoms with Crippen molar-refractivity contribution in [1.82, 2.24) is 0 Å². The summed E-state index contributed by atoms with van der Waals surface area (Å²) in [5.74, 6) is -12.9. The van der Waals surface area contributed by atoms with Crippen molar-refractivity contribution in [2.75, 3.05) is 0 Å². The summed E-state index contributed by atoms with van der Waals surface area (Å²) in [5.41, 5.74) is -7.59. The van der Waals surface area contributed by atoms with Crippen LogP contribution in [0, 0.1) is 11.8 Å². The van der Waals surface area contributed by atoms with Gasteiger partial charge in [0.2, 0.25) is 11.3 Å². The molecule has 3 fully saturated rings. The third-order valence-electron chi connectivity index (χ3n) is 4.66. The molecular formula is C10H6F6O. The lowest BCUT2D eigenvalue weighted by molar-refractivity contribution is -0.507. The van der Waals surface area contributed by atoms with Crippen LogP contribution >= 0.6 is 0 Å². The van der Waals surface area contributed by atoms with Gasteiger partial charge in [-0.2, -0.15) is 17.6 Å². The van der Waals surface area contributed by atoms with Crippen molar-refractivity contribution in [2.45, 2.75) is 35.4 Å². The summed E-state index contributed by atoms with van der Waals surface area (Å²) in [5, 5.41) is 0. The Morgan fingerprint density at radius 2 is 1.06 bits per heavy atom. The van der Waals surface area contributed by atoms with E-state index < -0.39 is 47.2 Å². The SMILES string of the molecule is FC1(F)C(F)(F)C2(F)C3C([C@@H]4C=C[C@H]3O4)C12F. The topological polar surface area (TPSA) is 9.23 Å². The molecule has 1 saturated heterocycles. The van der Waals surface area contributed by atoms with E-state index in [9.17, 15) is 26.3 Å². The van der Waals surface area contributed by atoms with Crippen LogP contribution in [0.1, 0.15) is 0 Å². The highest BCUT2D eigenvalue weighted by Crippen LogP contribution is 2.84. The van der Waals surface area contributed by atoms with E-state index in [1.54, 1.807) is 0 Å². The van der Waals surface area contributed by atoms with E-state index in [4.69, 9.17) is 4.74 Å². The molecule has 0 aromatic carbocycles. The summed E-state index contributed by atoms with van der Waals surface area (Å²) in [6, 6.07) is 0. The fourth-order valence-corrected chi connectivity index (χ4v) is 3.92. The van der Waals surface area contributed by atoms with Crippen LogP contribution in [-0.2, 0) is 4.74 Å². The Labute approximate surface area is 91.4 Å². The molecule has 0 spiro atoms. The third kappa shape index (κ3) is 0.578. The summed E-state index contributed by atoms with van der Waals surface area (Å²) in [6.45, 7) is 0. The van der Waals surface area contributed by atoms with Gasteiger partial charge in [0.05, 0.1) is 12.2 Å². The first-order valence-electron chi connectivity index (χ1n) is 5.18. The molecule has 2 aliphatic heterocycles. The van der Waals surface area contributed by atoms with Gasteiger partial charge >= 0.3 is 11.8 Å². The minimum absolute atomic E-state index is 1.01. The summed E-state index contributed by atoms with van der Waals surface area (Å²) in [7, 11) is 0. The highest BCUT2D eigenvalue weighted by atomic mass is 19.3. The molecule has 2 saturated carbocycles. The molecule has 0 radical (unpaired) electrons. The number of halogens is 6. The molecule has 1 nitrogen and oxygen atoms in total. The third-order valence-corrected chi connectivity index (χ3v) is 4.66. The Bertz CT molecular complexity index is 422. The minimum Gasteiger partial charge on any atom is -0.366 e. The van der Waals surface area contributed by atoms with Crippen LogP contribution in [0.3, 0.4) is 0 Å². The van der Waals surface area contributed by atoms with Gasteiger partial charge in [-0.1, -0.05) is 12.2 Å². The Hall–Kier alpha value is -0.720. The zero-order chi connectivity index (χ0) is 12.4. The molecule has 6 atom stereocenters. The largest absolute Gasteiger partial charge is 0.366 e. The first-order chi connectivity index (χ1) is 7.71. The van der Waals surface area contributed by atoms with Crippen LogP contribution in [0.4, 0.5) is 26.3 Å². The molecule has 4 aliphatic rings. The first kappa shape index (κ1) is 10.2. The summed E-state index contributed by atoms with van der Waals surface area (Å²) < 4.78 is 85.7. The van der Waals surface area contributed by atoms with Crippen molar-refractivity contribution >= 4 is 0 Å². The maximum absolute atomic E-state index is 14.0. The maximum atomic E-state index is 14.0. The molecule has 17 heavy (non-hydrogen) atoms. The van der Waals surface area contributed by atoms with Crippen LogP contribution < -0.4 is 0 Å². The zero-order valence-electron chi connectivity index (χ0n) is 8.14. The minimum atomic E-state index is -4.96. The molecule has 4 unspecified atom stereocenters. The van der Waals surface area contributed by atoms with Gasteiger partial charge in [-0.3, -0.25) is 0 Å². The average Bonchev–Trinajstić information content (AvgIpc) is 2.83. The van der Waals surface area contributed by atoms with Gasteiger partial charge in [-0.15, -0.1) is 0 Å². The van der Waals surface area contributed by atoms with Gasteiger partial charge in [-0.25, -0.2) is 8.78 Å². The van der Waals surface area contributed by atoms with E-state index in [0.29, 0.717) is 0 Å². The molecule has 2 heterocycles. The number of ether oxygens (including phenoxy) is 1. The average molecular weight is 256 g/mol. The molecular weight excluding hydrogens is 250 g/mol. The lowest BCUT2D eigenvalue weighted by atomic mass is 9.37. The molecule has 2 bridgehead atoms. The van der Waals surface area contributed by atoms with Crippen LogP contribution in [0.5, 0.6) is 0 Å². The van der Waals surface area contributed by atoms with E-state index in [1.807, 2.05) is 0 Å². The van der Waals surface area contributed by atoms with Gasteiger partial charge < -0.3 is 4.74 Å². The lowest BCUT2D eigenvalue weighted by Crippen LogP contribution is -2.98. The Kier molecular flexibility index (Phi) is 1.28. The summed E-state index contributed by atoms with van der Waals surface area (Å²) >= 11 is 0. The standard InChI is InChI=1S/C10H6F6O/c11-7-5-3-1-2-4(17-3)6(5)8(7,12)10(15,16)9(7,13)14/h1-6H/t3-,4+,5?,6?,7?,8?. The fraction of sp³-hybridized carbons (Fsp3) is 0.800. The number of hydrogen-bond acceptors (Lipinski definition) is 1. The fourth-order valence-electron chi connectivity index (χ4n) is 3.92. The monoisotopic (exact) mass is 256 g/mol. The van der Waals surface area contributed by atoms with Gasteiger partial charge in [0.15, 0.2) is 0 Å². The van der Waals surface area contributed by atoms with Gasteiger partial charge in [0.25, 0.3) is 0 Å². The van der Waals surface area contributed by atoms with Crippen LogP contribution in [0.25, 0.3) is 0 Å². The van der Waals surface area contributed by atoms with Crippen molar-refractivity contribution < 1.29 is 31.1 Å². The second-order valence-electron chi connectivity index (χ2n) is 5.07. The smallest absolute Gasteiger partial charge is 0.350 e. The van der Waals surface area contributed by atoms with Crippen molar-refractivity contribution in [3.63, 3.8) is 0 Å². The van der Waals surface area contributed by atoms with Gasteiger partial charge in [0.1, 0.15) is 0 Å². The quantitative estimate of drug-likeness (QED) is 0.477. The van der Waals surface area contributed by atoms with Crippen molar-refractivity contribution in [1.29, 1.82) is 0 Å². The van der Waals surface area contributed by atoms with E-state index in [-0.39, 0.29) is 0 Å². The highest BCUT2D eigenvalue weighted by molar-refractivity contribution is 5.48. The normalized spacial score (nSPS) is 63.6. The molecule has 0 N–H and O–H groups in total. The molecule has 0 aromatic heterocycles. The highest BCUT2D eigenvalue weighted by Gasteiger charge is 3.08. The van der Waals surface area contributed by atoms with Crippen molar-refractivity contribution in [3.05, 3.63) is 12.2 Å². The predicted molar refractivity (Wildman–Crippen MR) is 42.4 cm³/mol. The van der Waals surface area contributed by atoms with Crippen LogP contribution in [-0.4, -0.2) is 35.4 Å². The Balaban J connectivity index is 1.90. The second kappa shape index (κ2) is 2.13. The first-order valence-corrected chi connectivity index (χ1v) is 5.18. The number of alkyl halides is 6. The van der Waals surface area contributed by atoms with E-state index in [1.165, 1.54) is 12.2 Å². The molecule has 0 amide bonds. The predicted octanol–water partition coefficient (Wildman–Crippen LogP) is 2.27. The molecule has 94 valence electrons. The Morgan fingerprint density at radius 3 is 1.41 bits per heavy atom. The second-order valence-corrected chi connectivity index (χ2v) is 5.07. The van der Waals surface area contributed by atoms with E-state index >= 15 is 0 Å².